The van der Waals surface area contributed by atoms with Gasteiger partial charge in [0, 0.05) is 0 Å². The first-order valence-corrected chi connectivity index (χ1v) is 4.68. The Kier molecular flexibility index (Phi) is 4.19. The molecule has 1 aliphatic rings. The van der Waals surface area contributed by atoms with Gasteiger partial charge in [-0.1, -0.05) is 0 Å². The van der Waals surface area contributed by atoms with E-state index < -0.39 is 49.1 Å². The molecule has 1 heterocycles. The Labute approximate surface area is 90.9 Å². The van der Waals surface area contributed by atoms with E-state index in [0.29, 0.717) is 0 Å². The number of carbonyl (C=O) groups excluding carboxylic acids is 1. The van der Waals surface area contributed by atoms with Gasteiger partial charge in [0.05, 0.1) is 6.61 Å². The molecule has 0 spiro atoms. The van der Waals surface area contributed by atoms with E-state index in [0.717, 1.165) is 0 Å². The quantitative estimate of drug-likeness (QED) is 0.290. The van der Waals surface area contributed by atoms with Crippen LogP contribution in [0.5, 0.6) is 0 Å². The molecule has 7 N–H and O–H groups in total. The molecule has 1 aliphatic heterocycles. The number of hydrogen-bond donors (Lipinski definition) is 6. The lowest BCUT2D eigenvalue weighted by molar-refractivity contribution is -0.246. The van der Waals surface area contributed by atoms with Crippen molar-refractivity contribution in [1.29, 1.82) is 0 Å². The van der Waals surface area contributed by atoms with Gasteiger partial charge in [-0.15, -0.1) is 0 Å². The molecule has 0 radical (unpaired) electrons. The minimum atomic E-state index is -1.83. The first-order valence-electron chi connectivity index (χ1n) is 4.68. The van der Waals surface area contributed by atoms with E-state index >= 15 is 0 Å². The van der Waals surface area contributed by atoms with Crippen molar-refractivity contribution < 1.29 is 35.1 Å². The van der Waals surface area contributed by atoms with Crippen molar-refractivity contribution in [2.45, 2.75) is 36.6 Å². The molecular weight excluding hydrogens is 222 g/mol. The first-order chi connectivity index (χ1) is 7.40. The monoisotopic (exact) mass is 237 g/mol. The summed E-state index contributed by atoms with van der Waals surface area (Å²) in [6, 6.07) is 0. The predicted octanol–water partition coefficient (Wildman–Crippen LogP) is -4.32. The third-order valence-electron chi connectivity index (χ3n) is 2.53. The average molecular weight is 237 g/mol. The third-order valence-corrected chi connectivity index (χ3v) is 2.53. The molecule has 1 fully saturated rings. The summed E-state index contributed by atoms with van der Waals surface area (Å²) in [5.74, 6) is -1.13. The molecule has 1 saturated heterocycles. The molecular formula is C8H15NO7. The van der Waals surface area contributed by atoms with Crippen molar-refractivity contribution in [1.82, 2.24) is 0 Å². The predicted molar refractivity (Wildman–Crippen MR) is 49.0 cm³/mol. The fourth-order valence-corrected chi connectivity index (χ4v) is 1.55. The third kappa shape index (κ3) is 2.32. The summed E-state index contributed by atoms with van der Waals surface area (Å²) in [5.41, 5.74) is 4.81. The van der Waals surface area contributed by atoms with Crippen molar-refractivity contribution in [2.24, 2.45) is 5.73 Å². The number of hydrogen-bond acceptors (Lipinski definition) is 7. The lowest BCUT2D eigenvalue weighted by Gasteiger charge is -2.41. The summed E-state index contributed by atoms with van der Waals surface area (Å²) in [6.45, 7) is -0.632. The highest BCUT2D eigenvalue weighted by Gasteiger charge is 2.47. The minimum absolute atomic E-state index is 0.632. The molecule has 0 aromatic heterocycles. The van der Waals surface area contributed by atoms with Gasteiger partial charge in [-0.25, -0.2) is 0 Å². The summed E-state index contributed by atoms with van der Waals surface area (Å²) < 4.78 is 4.89. The maximum absolute atomic E-state index is 10.7. The highest BCUT2D eigenvalue weighted by molar-refractivity contribution is 5.79. The number of primary amides is 1. The van der Waals surface area contributed by atoms with E-state index in [4.69, 9.17) is 15.6 Å². The van der Waals surface area contributed by atoms with Crippen molar-refractivity contribution >= 4 is 5.91 Å². The van der Waals surface area contributed by atoms with Crippen LogP contribution in [-0.4, -0.2) is 74.7 Å². The number of aliphatic hydroxyl groups excluding tert-OH is 5. The van der Waals surface area contributed by atoms with E-state index in [2.05, 4.69) is 0 Å². The molecule has 94 valence electrons. The summed E-state index contributed by atoms with van der Waals surface area (Å²) >= 11 is 0. The zero-order valence-corrected chi connectivity index (χ0v) is 8.30. The minimum Gasteiger partial charge on any atom is -0.394 e. The zero-order valence-electron chi connectivity index (χ0n) is 8.30. The topological polar surface area (TPSA) is 153 Å². The van der Waals surface area contributed by atoms with Gasteiger partial charge in [0.25, 0.3) is 0 Å². The molecule has 0 aromatic rings. The number of nitrogens with two attached hydrogens (primary N) is 1. The number of amides is 1. The van der Waals surface area contributed by atoms with Crippen molar-refractivity contribution in [2.75, 3.05) is 6.61 Å². The molecule has 0 saturated carbocycles. The lowest BCUT2D eigenvalue weighted by atomic mass is 9.92. The van der Waals surface area contributed by atoms with Gasteiger partial charge in [-0.05, 0) is 0 Å². The van der Waals surface area contributed by atoms with Crippen LogP contribution < -0.4 is 5.73 Å². The fourth-order valence-electron chi connectivity index (χ4n) is 1.55. The van der Waals surface area contributed by atoms with Crippen LogP contribution in [-0.2, 0) is 9.53 Å². The van der Waals surface area contributed by atoms with Gasteiger partial charge < -0.3 is 36.0 Å². The van der Waals surface area contributed by atoms with Crippen LogP contribution in [0.4, 0.5) is 0 Å². The van der Waals surface area contributed by atoms with Gasteiger partial charge in [0.15, 0.2) is 6.10 Å². The maximum Gasteiger partial charge on any atom is 0.249 e. The largest absolute Gasteiger partial charge is 0.394 e. The van der Waals surface area contributed by atoms with Crippen molar-refractivity contribution in [3.8, 4) is 0 Å². The zero-order chi connectivity index (χ0) is 12.5. The molecule has 1 rings (SSSR count). The van der Waals surface area contributed by atoms with E-state index in [1.807, 2.05) is 0 Å². The van der Waals surface area contributed by atoms with Crippen LogP contribution in [0.25, 0.3) is 0 Å². The maximum atomic E-state index is 10.7. The van der Waals surface area contributed by atoms with E-state index in [9.17, 15) is 25.2 Å². The number of rotatable bonds is 3. The normalized spacial score (nSPS) is 41.7. The summed E-state index contributed by atoms with van der Waals surface area (Å²) in [7, 11) is 0. The Morgan fingerprint density at radius 3 is 2.25 bits per heavy atom. The molecule has 16 heavy (non-hydrogen) atoms. The average Bonchev–Trinajstić information content (AvgIpc) is 2.25. The van der Waals surface area contributed by atoms with Crippen LogP contribution in [0, 0.1) is 0 Å². The van der Waals surface area contributed by atoms with Crippen LogP contribution >= 0.6 is 0 Å². The Balaban J connectivity index is 2.82. The van der Waals surface area contributed by atoms with Crippen LogP contribution in [0.2, 0.25) is 0 Å². The summed E-state index contributed by atoms with van der Waals surface area (Å²) in [5, 5.41) is 46.3. The highest BCUT2D eigenvalue weighted by atomic mass is 16.6. The molecule has 1 amide bonds. The van der Waals surface area contributed by atoms with Crippen LogP contribution in [0.3, 0.4) is 0 Å². The second-order valence-corrected chi connectivity index (χ2v) is 3.64. The SMILES string of the molecule is NC(=O)C(O)C1O[C@H](CO)[C@@H](O)[C@H](O)[C@@H]1O. The molecule has 0 aromatic carbocycles. The Morgan fingerprint density at radius 2 is 1.81 bits per heavy atom. The highest BCUT2D eigenvalue weighted by Crippen LogP contribution is 2.23. The van der Waals surface area contributed by atoms with Crippen molar-refractivity contribution in [3.05, 3.63) is 0 Å². The number of ether oxygens (including phenoxy) is 1. The van der Waals surface area contributed by atoms with Crippen molar-refractivity contribution in [3.63, 3.8) is 0 Å². The second-order valence-electron chi connectivity index (χ2n) is 3.64. The van der Waals surface area contributed by atoms with Gasteiger partial charge in [0.2, 0.25) is 5.91 Å². The molecule has 2 unspecified atom stereocenters. The van der Waals surface area contributed by atoms with E-state index in [-0.39, 0.29) is 0 Å². The molecule has 0 aliphatic carbocycles. The van der Waals surface area contributed by atoms with Gasteiger partial charge >= 0.3 is 0 Å². The van der Waals surface area contributed by atoms with E-state index in [1.165, 1.54) is 0 Å². The number of carbonyl (C=O) groups is 1. The summed E-state index contributed by atoms with van der Waals surface area (Å²) in [4.78, 5) is 10.7. The standard InChI is InChI=1S/C8H15NO7/c9-8(15)6(14)7-5(13)4(12)3(11)2(1-10)16-7/h2-7,10-14H,1H2,(H2,9,15)/t2-,3-,4+,5+,6?,7?/m1/s1. The smallest absolute Gasteiger partial charge is 0.249 e. The Bertz CT molecular complexity index is 259. The van der Waals surface area contributed by atoms with Gasteiger partial charge in [-0.3, -0.25) is 4.79 Å². The lowest BCUT2D eigenvalue weighted by Crippen LogP contribution is -2.63. The van der Waals surface area contributed by atoms with Gasteiger partial charge in [0.1, 0.15) is 30.5 Å². The van der Waals surface area contributed by atoms with Crippen LogP contribution in [0.1, 0.15) is 0 Å². The fraction of sp³-hybridized carbons (Fsp3) is 0.875. The number of aliphatic hydroxyl groups is 5. The van der Waals surface area contributed by atoms with Crippen LogP contribution in [0.15, 0.2) is 0 Å². The Hall–Kier alpha value is -0.770. The first kappa shape index (κ1) is 13.3. The molecule has 6 atom stereocenters. The second kappa shape index (κ2) is 5.04. The molecule has 0 bridgehead atoms. The molecule has 8 nitrogen and oxygen atoms in total. The van der Waals surface area contributed by atoms with E-state index in [1.54, 1.807) is 0 Å². The summed E-state index contributed by atoms with van der Waals surface area (Å²) in [6.07, 6.45) is -9.31. The Morgan fingerprint density at radius 1 is 1.25 bits per heavy atom. The van der Waals surface area contributed by atoms with Gasteiger partial charge in [-0.2, -0.15) is 0 Å². The molecule has 8 heteroatoms.